The minimum absolute atomic E-state index is 0.137. The number of benzene rings is 4. The van der Waals surface area contributed by atoms with Crippen LogP contribution in [0, 0.1) is 5.92 Å². The second-order valence-electron chi connectivity index (χ2n) is 11.7. The quantitative estimate of drug-likeness (QED) is 0.236. The van der Waals surface area contributed by atoms with Crippen molar-refractivity contribution in [3.63, 3.8) is 0 Å². The van der Waals surface area contributed by atoms with Crippen LogP contribution in [0.2, 0.25) is 0 Å². The maximum Gasteiger partial charge on any atom is 0.0759 e. The van der Waals surface area contributed by atoms with Crippen molar-refractivity contribution in [2.45, 2.75) is 31.2 Å². The second kappa shape index (κ2) is 8.72. The summed E-state index contributed by atoms with van der Waals surface area (Å²) in [4.78, 5) is 10.4. The first kappa shape index (κ1) is 23.3. The molecule has 192 valence electrons. The molecule has 2 nitrogen and oxygen atoms in total. The molecular formula is C38H30N2. The van der Waals surface area contributed by atoms with Gasteiger partial charge in [0.25, 0.3) is 0 Å². The zero-order valence-electron chi connectivity index (χ0n) is 22.8. The van der Waals surface area contributed by atoms with E-state index in [1.807, 2.05) is 0 Å². The van der Waals surface area contributed by atoms with Gasteiger partial charge in [0, 0.05) is 28.2 Å². The number of aromatic nitrogens is 1. The molecule has 1 aromatic heterocycles. The van der Waals surface area contributed by atoms with Crippen molar-refractivity contribution < 1.29 is 0 Å². The van der Waals surface area contributed by atoms with Gasteiger partial charge in [-0.15, -0.1) is 0 Å². The zero-order chi connectivity index (χ0) is 26.8. The molecule has 0 saturated carbocycles. The van der Waals surface area contributed by atoms with E-state index in [0.29, 0.717) is 5.92 Å². The Morgan fingerprint density at radius 2 is 1.40 bits per heavy atom. The highest BCUT2D eigenvalue weighted by molar-refractivity contribution is 6.07. The fraction of sp³-hybridized carbons (Fsp3) is 0.158. The number of pyridine rings is 1. The largest absolute Gasteiger partial charge is 0.280 e. The van der Waals surface area contributed by atoms with Crippen molar-refractivity contribution in [3.05, 3.63) is 150 Å². The number of rotatable bonds is 3. The monoisotopic (exact) mass is 514 g/mol. The Balaban J connectivity index is 1.29. The van der Waals surface area contributed by atoms with E-state index in [1.54, 1.807) is 0 Å². The molecule has 0 fully saturated rings. The van der Waals surface area contributed by atoms with Crippen LogP contribution in [0.1, 0.15) is 42.0 Å². The third kappa shape index (κ3) is 3.35. The van der Waals surface area contributed by atoms with Crippen LogP contribution < -0.4 is 0 Å². The van der Waals surface area contributed by atoms with E-state index in [-0.39, 0.29) is 17.4 Å². The highest BCUT2D eigenvalue weighted by Gasteiger charge is 2.40. The van der Waals surface area contributed by atoms with Crippen LogP contribution in [0.5, 0.6) is 0 Å². The van der Waals surface area contributed by atoms with Crippen molar-refractivity contribution in [2.75, 3.05) is 0 Å². The molecule has 0 saturated heterocycles. The lowest BCUT2D eigenvalue weighted by atomic mass is 9.77. The van der Waals surface area contributed by atoms with Gasteiger partial charge in [0.1, 0.15) is 0 Å². The first-order valence-electron chi connectivity index (χ1n) is 14.2. The van der Waals surface area contributed by atoms with Crippen LogP contribution in [0.25, 0.3) is 33.3 Å². The summed E-state index contributed by atoms with van der Waals surface area (Å²) in [6, 6.07) is 37.6. The van der Waals surface area contributed by atoms with Gasteiger partial charge in [-0.1, -0.05) is 135 Å². The number of para-hydroxylation sites is 1. The highest BCUT2D eigenvalue weighted by Crippen LogP contribution is 2.53. The van der Waals surface area contributed by atoms with E-state index < -0.39 is 0 Å². The summed E-state index contributed by atoms with van der Waals surface area (Å²) in [5, 5.41) is 1.21. The van der Waals surface area contributed by atoms with Crippen LogP contribution in [0.15, 0.2) is 132 Å². The van der Waals surface area contributed by atoms with Crippen LogP contribution in [0.3, 0.4) is 0 Å². The Labute approximate surface area is 235 Å². The maximum absolute atomic E-state index is 5.22. The Hall–Kier alpha value is -4.56. The molecule has 5 aromatic rings. The first-order valence-corrected chi connectivity index (χ1v) is 14.2. The fourth-order valence-electron chi connectivity index (χ4n) is 7.26. The first-order chi connectivity index (χ1) is 19.6. The second-order valence-corrected chi connectivity index (χ2v) is 11.7. The molecule has 2 heterocycles. The fourth-order valence-corrected chi connectivity index (χ4v) is 7.26. The highest BCUT2D eigenvalue weighted by atomic mass is 14.9. The summed E-state index contributed by atoms with van der Waals surface area (Å²) in [7, 11) is 0. The molecule has 8 rings (SSSR count). The van der Waals surface area contributed by atoms with E-state index in [1.165, 1.54) is 50.0 Å². The van der Waals surface area contributed by atoms with Crippen molar-refractivity contribution in [2.24, 2.45) is 10.9 Å². The lowest BCUT2D eigenvalue weighted by Crippen LogP contribution is -2.21. The molecule has 3 aliphatic rings. The normalized spacial score (nSPS) is 21.6. The van der Waals surface area contributed by atoms with Crippen molar-refractivity contribution >= 4 is 16.6 Å². The molecule has 3 unspecified atom stereocenters. The molecule has 40 heavy (non-hydrogen) atoms. The number of allylic oxidation sites excluding steroid dienone is 2. The summed E-state index contributed by atoms with van der Waals surface area (Å²) in [5.74, 6) is 0.564. The molecular weight excluding hydrogens is 484 g/mol. The summed E-state index contributed by atoms with van der Waals surface area (Å²) in [5.41, 5.74) is 12.2. The Morgan fingerprint density at radius 1 is 0.675 bits per heavy atom. The SMILES string of the molecule is CC1(C)c2ccccc2-c2nc3ccccc3c(-c3ccc(C4C(c5ccccc5)=NC5C=CC=CC54)cc3)c21. The van der Waals surface area contributed by atoms with Crippen LogP contribution in [-0.2, 0) is 5.41 Å². The summed E-state index contributed by atoms with van der Waals surface area (Å²) in [6.45, 7) is 4.69. The van der Waals surface area contributed by atoms with Crippen molar-refractivity contribution in [1.29, 1.82) is 0 Å². The Morgan fingerprint density at radius 3 is 2.25 bits per heavy atom. The van der Waals surface area contributed by atoms with E-state index in [4.69, 9.17) is 9.98 Å². The molecule has 2 aliphatic carbocycles. The van der Waals surface area contributed by atoms with Crippen LogP contribution >= 0.6 is 0 Å². The van der Waals surface area contributed by atoms with Crippen LogP contribution in [0.4, 0.5) is 0 Å². The molecule has 0 amide bonds. The van der Waals surface area contributed by atoms with Gasteiger partial charge in [-0.05, 0) is 39.4 Å². The number of hydrogen-bond donors (Lipinski definition) is 0. The zero-order valence-corrected chi connectivity index (χ0v) is 22.8. The molecule has 2 heteroatoms. The molecule has 1 aliphatic heterocycles. The van der Waals surface area contributed by atoms with Gasteiger partial charge >= 0.3 is 0 Å². The topological polar surface area (TPSA) is 25.2 Å². The summed E-state index contributed by atoms with van der Waals surface area (Å²) in [6.07, 6.45) is 8.89. The van der Waals surface area contributed by atoms with Gasteiger partial charge in [-0.25, -0.2) is 4.98 Å². The smallest absolute Gasteiger partial charge is 0.0759 e. The average molecular weight is 515 g/mol. The van der Waals surface area contributed by atoms with Gasteiger partial charge in [0.15, 0.2) is 0 Å². The van der Waals surface area contributed by atoms with Crippen molar-refractivity contribution in [1.82, 2.24) is 4.98 Å². The van der Waals surface area contributed by atoms with E-state index in [2.05, 4.69) is 141 Å². The predicted octanol–water partition coefficient (Wildman–Crippen LogP) is 8.91. The molecule has 4 aromatic carbocycles. The lowest BCUT2D eigenvalue weighted by molar-refractivity contribution is 0.583. The van der Waals surface area contributed by atoms with Gasteiger partial charge in [0.05, 0.1) is 23.0 Å². The number of fused-ring (bicyclic) bond motifs is 5. The predicted molar refractivity (Wildman–Crippen MR) is 166 cm³/mol. The Kier molecular flexibility index (Phi) is 5.09. The van der Waals surface area contributed by atoms with Gasteiger partial charge < -0.3 is 0 Å². The van der Waals surface area contributed by atoms with E-state index >= 15 is 0 Å². The van der Waals surface area contributed by atoms with Gasteiger partial charge in [-0.2, -0.15) is 0 Å². The Bertz CT molecular complexity index is 1870. The number of aliphatic imine (C=N–C) groups is 1. The summed E-state index contributed by atoms with van der Waals surface area (Å²) >= 11 is 0. The minimum atomic E-state index is -0.137. The maximum atomic E-state index is 5.22. The molecule has 0 bridgehead atoms. The van der Waals surface area contributed by atoms with E-state index in [9.17, 15) is 0 Å². The number of nitrogens with zero attached hydrogens (tertiary/aromatic N) is 2. The molecule has 0 radical (unpaired) electrons. The minimum Gasteiger partial charge on any atom is -0.280 e. The average Bonchev–Trinajstić information content (AvgIpc) is 3.50. The standard InChI is InChI=1S/C38H30N2/c1-38(2)30-17-9-6-14-27(30)37-35(38)33(28-15-7-10-18-31(28)40-37)24-20-22-25(23-21-24)34-29-16-8-11-19-32(29)39-36(34)26-12-4-3-5-13-26/h3-23,29,32,34H,1-2H3. The van der Waals surface area contributed by atoms with Gasteiger partial charge in [-0.3, -0.25) is 4.99 Å². The lowest BCUT2D eigenvalue weighted by Gasteiger charge is -2.26. The third-order valence-electron chi connectivity index (χ3n) is 9.12. The van der Waals surface area contributed by atoms with Gasteiger partial charge in [0.2, 0.25) is 0 Å². The molecule has 0 N–H and O–H groups in total. The van der Waals surface area contributed by atoms with Crippen molar-refractivity contribution in [3.8, 4) is 22.4 Å². The molecule has 0 spiro atoms. The molecule has 3 atom stereocenters. The number of hydrogen-bond acceptors (Lipinski definition) is 2. The van der Waals surface area contributed by atoms with Crippen LogP contribution in [-0.4, -0.2) is 16.7 Å². The van der Waals surface area contributed by atoms with E-state index in [0.717, 1.165) is 11.2 Å². The summed E-state index contributed by atoms with van der Waals surface area (Å²) < 4.78 is 0. The third-order valence-corrected chi connectivity index (χ3v) is 9.12.